The first kappa shape index (κ1) is 16.1. The van der Waals surface area contributed by atoms with Gasteiger partial charge in [0.25, 0.3) is 0 Å². The van der Waals surface area contributed by atoms with Crippen molar-refractivity contribution in [1.82, 2.24) is 14.6 Å². The van der Waals surface area contributed by atoms with Crippen molar-refractivity contribution in [2.24, 2.45) is 0 Å². The van der Waals surface area contributed by atoms with Gasteiger partial charge in [-0.05, 0) is 55.1 Å². The zero-order valence-electron chi connectivity index (χ0n) is 12.4. The molecular formula is C15H15Cl2FN4O. The van der Waals surface area contributed by atoms with Gasteiger partial charge >= 0.3 is 0 Å². The van der Waals surface area contributed by atoms with Crippen LogP contribution in [0.15, 0.2) is 28.9 Å². The molecule has 0 radical (unpaired) electrons. The van der Waals surface area contributed by atoms with Gasteiger partial charge in [-0.2, -0.15) is 4.98 Å². The summed E-state index contributed by atoms with van der Waals surface area (Å²) >= 11 is 12.3. The topological polar surface area (TPSA) is 55.4 Å². The maximum atomic E-state index is 13.1. The molecule has 3 aromatic rings. The van der Waals surface area contributed by atoms with Crippen molar-refractivity contribution in [3.8, 4) is 0 Å². The summed E-state index contributed by atoms with van der Waals surface area (Å²) in [5.41, 5.74) is 1.50. The molecule has 0 fully saturated rings. The van der Waals surface area contributed by atoms with Gasteiger partial charge in [-0.25, -0.2) is 8.91 Å². The number of fused-ring (bicyclic) bond motifs is 1. The van der Waals surface area contributed by atoms with Crippen molar-refractivity contribution in [3.05, 3.63) is 46.2 Å². The highest BCUT2D eigenvalue weighted by Gasteiger charge is 2.15. The third-order valence-electron chi connectivity index (χ3n) is 3.44. The van der Waals surface area contributed by atoms with Crippen molar-refractivity contribution in [1.29, 1.82) is 0 Å². The van der Waals surface area contributed by atoms with E-state index in [0.717, 1.165) is 11.3 Å². The first-order valence-corrected chi connectivity index (χ1v) is 7.94. The number of hydrogen-bond acceptors (Lipinski definition) is 4. The Morgan fingerprint density at radius 2 is 2.26 bits per heavy atom. The maximum Gasteiger partial charge on any atom is 0.243 e. The number of rotatable bonds is 6. The summed E-state index contributed by atoms with van der Waals surface area (Å²) in [6, 6.07) is 5.52. The highest BCUT2D eigenvalue weighted by Crippen LogP contribution is 2.27. The molecule has 0 aromatic carbocycles. The highest BCUT2D eigenvalue weighted by molar-refractivity contribution is 6.31. The first-order valence-electron chi connectivity index (χ1n) is 7.18. The van der Waals surface area contributed by atoms with Crippen molar-refractivity contribution in [2.45, 2.75) is 32.5 Å². The Morgan fingerprint density at radius 1 is 1.43 bits per heavy atom. The Morgan fingerprint density at radius 3 is 2.96 bits per heavy atom. The molecule has 3 aromatic heterocycles. The van der Waals surface area contributed by atoms with Gasteiger partial charge < -0.3 is 9.73 Å². The zero-order valence-corrected chi connectivity index (χ0v) is 13.9. The second-order valence-electron chi connectivity index (χ2n) is 5.24. The molecule has 5 nitrogen and oxygen atoms in total. The molecule has 0 aliphatic rings. The minimum Gasteiger partial charge on any atom is -0.467 e. The van der Waals surface area contributed by atoms with Gasteiger partial charge in [0.15, 0.2) is 5.82 Å². The minimum atomic E-state index is -0.889. The second-order valence-corrected chi connectivity index (χ2v) is 5.94. The average molecular weight is 357 g/mol. The Kier molecular flexibility index (Phi) is 4.73. The molecule has 3 heterocycles. The number of nitrogens with one attached hydrogen (secondary N) is 1. The molecule has 23 heavy (non-hydrogen) atoms. The van der Waals surface area contributed by atoms with Crippen LogP contribution in [-0.4, -0.2) is 20.8 Å². The summed E-state index contributed by atoms with van der Waals surface area (Å²) in [6.45, 7) is 1.98. The number of alkyl halides is 1. The molecule has 0 bridgehead atoms. The van der Waals surface area contributed by atoms with E-state index in [1.54, 1.807) is 6.26 Å². The smallest absolute Gasteiger partial charge is 0.243 e. The van der Waals surface area contributed by atoms with Gasteiger partial charge in [0, 0.05) is 0 Å². The van der Waals surface area contributed by atoms with Crippen molar-refractivity contribution in [3.63, 3.8) is 0 Å². The summed E-state index contributed by atoms with van der Waals surface area (Å²) in [6.07, 6.45) is 1.63. The molecule has 0 saturated heterocycles. The lowest BCUT2D eigenvalue weighted by Gasteiger charge is -2.06. The van der Waals surface area contributed by atoms with E-state index in [-0.39, 0.29) is 5.28 Å². The van der Waals surface area contributed by atoms with Crippen molar-refractivity contribution < 1.29 is 8.81 Å². The number of halogens is 3. The summed E-state index contributed by atoms with van der Waals surface area (Å²) in [5.74, 6) is 1.31. The van der Waals surface area contributed by atoms with E-state index < -0.39 is 6.17 Å². The number of hydrogen-bond donors (Lipinski definition) is 1. The van der Waals surface area contributed by atoms with Crippen LogP contribution < -0.4 is 5.32 Å². The maximum absolute atomic E-state index is 13.1. The third-order valence-corrected chi connectivity index (χ3v) is 4.00. The van der Waals surface area contributed by atoms with E-state index in [4.69, 9.17) is 27.6 Å². The lowest BCUT2D eigenvalue weighted by atomic mass is 10.1. The number of nitrogens with zero attached hydrogens (tertiary/aromatic N) is 3. The monoisotopic (exact) mass is 356 g/mol. The fraction of sp³-hybridized carbons (Fsp3) is 0.333. The van der Waals surface area contributed by atoms with Crippen LogP contribution in [0.1, 0.15) is 24.7 Å². The van der Waals surface area contributed by atoms with Gasteiger partial charge in [-0.15, -0.1) is 5.10 Å². The van der Waals surface area contributed by atoms with E-state index in [9.17, 15) is 4.39 Å². The molecule has 0 amide bonds. The van der Waals surface area contributed by atoms with Gasteiger partial charge in [-0.3, -0.25) is 0 Å². The van der Waals surface area contributed by atoms with Crippen LogP contribution in [0.5, 0.6) is 0 Å². The molecular weight excluding hydrogens is 342 g/mol. The zero-order chi connectivity index (χ0) is 16.4. The molecule has 8 heteroatoms. The fourth-order valence-electron chi connectivity index (χ4n) is 2.29. The van der Waals surface area contributed by atoms with E-state index >= 15 is 0 Å². The molecule has 0 spiro atoms. The van der Waals surface area contributed by atoms with E-state index in [1.165, 1.54) is 11.4 Å². The van der Waals surface area contributed by atoms with E-state index in [1.807, 2.05) is 18.2 Å². The second kappa shape index (κ2) is 6.76. The number of anilines is 1. The number of aryl methyl sites for hydroxylation is 1. The number of aromatic nitrogens is 3. The highest BCUT2D eigenvalue weighted by atomic mass is 35.5. The minimum absolute atomic E-state index is 0.0716. The van der Waals surface area contributed by atoms with Crippen LogP contribution in [0.4, 0.5) is 10.2 Å². The molecule has 1 atom stereocenters. The van der Waals surface area contributed by atoms with E-state index in [2.05, 4.69) is 15.4 Å². The quantitative estimate of drug-likeness (QED) is 0.704. The Labute approximate surface area is 142 Å². The predicted octanol–water partition coefficient (Wildman–Crippen LogP) is 4.53. The Hall–Kier alpha value is -1.79. The number of furan rings is 1. The molecule has 1 N–H and O–H groups in total. The SMILES string of the molecule is CC(F)CCc1cc2c(NCc3ccco3)nc(Cl)nn2c1Cl. The Bertz CT molecular complexity index is 802. The molecule has 0 aliphatic carbocycles. The van der Waals surface area contributed by atoms with Crippen LogP contribution >= 0.6 is 23.2 Å². The molecule has 122 valence electrons. The van der Waals surface area contributed by atoms with Crippen LogP contribution in [0.2, 0.25) is 10.4 Å². The summed E-state index contributed by atoms with van der Waals surface area (Å²) in [4.78, 5) is 4.20. The predicted molar refractivity (Wildman–Crippen MR) is 87.9 cm³/mol. The third kappa shape index (κ3) is 3.59. The van der Waals surface area contributed by atoms with Crippen molar-refractivity contribution >= 4 is 34.5 Å². The van der Waals surface area contributed by atoms with Gasteiger partial charge in [0.2, 0.25) is 5.28 Å². The summed E-state index contributed by atoms with van der Waals surface area (Å²) in [7, 11) is 0. The Balaban J connectivity index is 1.92. The molecule has 0 saturated carbocycles. The van der Waals surface area contributed by atoms with Gasteiger partial charge in [0.05, 0.1) is 19.0 Å². The first-order chi connectivity index (χ1) is 11.0. The van der Waals surface area contributed by atoms with Crippen molar-refractivity contribution in [2.75, 3.05) is 5.32 Å². The van der Waals surface area contributed by atoms with Gasteiger partial charge in [0.1, 0.15) is 16.4 Å². The van der Waals surface area contributed by atoms with Crippen LogP contribution in [0.3, 0.4) is 0 Å². The molecule has 1 unspecified atom stereocenters. The summed E-state index contributed by atoms with van der Waals surface area (Å²) < 4.78 is 19.9. The molecule has 3 rings (SSSR count). The van der Waals surface area contributed by atoms with Gasteiger partial charge in [-0.1, -0.05) is 11.6 Å². The van der Waals surface area contributed by atoms with Crippen LogP contribution in [0, 0.1) is 0 Å². The summed E-state index contributed by atoms with van der Waals surface area (Å²) in [5, 5.41) is 7.76. The standard InChI is InChI=1S/C15H15Cl2FN4O/c1-9(18)4-5-10-7-12-14(19-8-11-3-2-6-23-11)20-15(17)21-22(12)13(10)16/h2-3,6-7,9H,4-5,8H2,1H3,(H,19,20,21). The average Bonchev–Trinajstić information content (AvgIpc) is 3.12. The lowest BCUT2D eigenvalue weighted by Crippen LogP contribution is -2.05. The normalized spacial score (nSPS) is 12.7. The fourth-order valence-corrected chi connectivity index (χ4v) is 2.73. The lowest BCUT2D eigenvalue weighted by molar-refractivity contribution is 0.341. The van der Waals surface area contributed by atoms with E-state index in [0.29, 0.717) is 35.9 Å². The van der Waals surface area contributed by atoms with Crippen LogP contribution in [0.25, 0.3) is 5.52 Å². The largest absolute Gasteiger partial charge is 0.467 e. The molecule has 0 aliphatic heterocycles. The van der Waals surface area contributed by atoms with Crippen LogP contribution in [-0.2, 0) is 13.0 Å².